The first-order valence-corrected chi connectivity index (χ1v) is 14.5. The number of aliphatic imine (C=N–C) groups is 1. The standard InChI is InChI=1S/C40H28N2/c1-26-34-13-5-6-15-36(34)37-25-30(19-20-31(37)24-32-10-3-7-16-38(32)41-26)29-11-8-12-33(23-29)39-22-21-28-18-17-27-9-2-4-14-35(27)40(28)42-39/h2-23,25H,24H2,1H3. The summed E-state index contributed by atoms with van der Waals surface area (Å²) in [6.07, 6.45) is 0.839. The van der Waals surface area contributed by atoms with Gasteiger partial charge >= 0.3 is 0 Å². The number of nitrogens with zero attached hydrogens (tertiary/aromatic N) is 2. The molecule has 7 aromatic rings. The average Bonchev–Trinajstić information content (AvgIpc) is 3.10. The van der Waals surface area contributed by atoms with E-state index < -0.39 is 0 Å². The Hall–Kier alpha value is -5.34. The lowest BCUT2D eigenvalue weighted by Crippen LogP contribution is -1.98. The molecule has 0 saturated heterocycles. The lowest BCUT2D eigenvalue weighted by atomic mass is 9.88. The van der Waals surface area contributed by atoms with Gasteiger partial charge in [0.25, 0.3) is 0 Å². The van der Waals surface area contributed by atoms with Crippen LogP contribution in [0.15, 0.2) is 145 Å². The van der Waals surface area contributed by atoms with Crippen LogP contribution in [0.2, 0.25) is 0 Å². The van der Waals surface area contributed by atoms with Gasteiger partial charge in [0.1, 0.15) is 0 Å². The van der Waals surface area contributed by atoms with Crippen LogP contribution in [0.5, 0.6) is 0 Å². The Balaban J connectivity index is 1.26. The normalized spacial score (nSPS) is 12.5. The van der Waals surface area contributed by atoms with Gasteiger partial charge in [0.2, 0.25) is 0 Å². The van der Waals surface area contributed by atoms with E-state index in [1.165, 1.54) is 49.7 Å². The van der Waals surface area contributed by atoms with Gasteiger partial charge in [-0.05, 0) is 70.0 Å². The van der Waals surface area contributed by atoms with Crippen molar-refractivity contribution in [2.45, 2.75) is 13.3 Å². The predicted molar refractivity (Wildman–Crippen MR) is 177 cm³/mol. The monoisotopic (exact) mass is 536 g/mol. The fraction of sp³-hybridized carbons (Fsp3) is 0.0500. The summed E-state index contributed by atoms with van der Waals surface area (Å²) < 4.78 is 0. The van der Waals surface area contributed by atoms with E-state index in [1.807, 2.05) is 0 Å². The zero-order chi connectivity index (χ0) is 28.0. The van der Waals surface area contributed by atoms with Gasteiger partial charge in [-0.1, -0.05) is 115 Å². The van der Waals surface area contributed by atoms with Crippen molar-refractivity contribution >= 4 is 33.1 Å². The molecule has 2 heterocycles. The molecule has 1 aromatic heterocycles. The van der Waals surface area contributed by atoms with Gasteiger partial charge in [0.05, 0.1) is 16.9 Å². The summed E-state index contributed by atoms with van der Waals surface area (Å²) in [5.74, 6) is 0. The van der Waals surface area contributed by atoms with Crippen molar-refractivity contribution < 1.29 is 0 Å². The first-order chi connectivity index (χ1) is 20.7. The molecule has 0 atom stereocenters. The molecule has 0 amide bonds. The van der Waals surface area contributed by atoms with Crippen molar-refractivity contribution in [3.8, 4) is 33.5 Å². The molecule has 0 fully saturated rings. The van der Waals surface area contributed by atoms with Crippen molar-refractivity contribution in [3.63, 3.8) is 0 Å². The maximum atomic E-state index is 5.16. The minimum atomic E-state index is 0.839. The highest BCUT2D eigenvalue weighted by molar-refractivity contribution is 6.07. The van der Waals surface area contributed by atoms with Crippen LogP contribution < -0.4 is 0 Å². The third kappa shape index (κ3) is 4.20. The van der Waals surface area contributed by atoms with Gasteiger partial charge in [-0.3, -0.25) is 4.99 Å². The smallest absolute Gasteiger partial charge is 0.0787 e. The molecule has 8 rings (SSSR count). The van der Waals surface area contributed by atoms with Crippen LogP contribution in [-0.2, 0) is 6.42 Å². The summed E-state index contributed by atoms with van der Waals surface area (Å²) in [5.41, 5.74) is 13.8. The molecule has 1 aliphatic heterocycles. The molecule has 0 bridgehead atoms. The minimum Gasteiger partial charge on any atom is -0.253 e. The Morgan fingerprint density at radius 2 is 1.24 bits per heavy atom. The second kappa shape index (κ2) is 9.94. The molecule has 0 radical (unpaired) electrons. The molecular weight excluding hydrogens is 508 g/mol. The highest BCUT2D eigenvalue weighted by Crippen LogP contribution is 2.37. The number of benzene rings is 6. The fourth-order valence-electron chi connectivity index (χ4n) is 6.29. The van der Waals surface area contributed by atoms with Crippen LogP contribution in [0, 0.1) is 0 Å². The zero-order valence-electron chi connectivity index (χ0n) is 23.4. The first-order valence-electron chi connectivity index (χ1n) is 14.5. The number of hydrogen-bond donors (Lipinski definition) is 0. The van der Waals surface area contributed by atoms with E-state index >= 15 is 0 Å². The lowest BCUT2D eigenvalue weighted by Gasteiger charge is -2.15. The summed E-state index contributed by atoms with van der Waals surface area (Å²) in [4.78, 5) is 10.2. The largest absolute Gasteiger partial charge is 0.253 e. The Bertz CT molecular complexity index is 2190. The third-order valence-electron chi connectivity index (χ3n) is 8.45. The molecule has 0 unspecified atom stereocenters. The topological polar surface area (TPSA) is 25.2 Å². The van der Waals surface area contributed by atoms with E-state index in [4.69, 9.17) is 9.98 Å². The van der Waals surface area contributed by atoms with E-state index in [9.17, 15) is 0 Å². The van der Waals surface area contributed by atoms with Crippen LogP contribution in [0.3, 0.4) is 0 Å². The summed E-state index contributed by atoms with van der Waals surface area (Å²) in [6, 6.07) is 50.0. The Kier molecular flexibility index (Phi) is 5.79. The SMILES string of the molecule is CC1=Nc2ccccc2Cc2ccc(-c3cccc(-c4ccc5ccc6ccccc6c5n4)c3)cc2-c2ccccc21. The average molecular weight is 537 g/mol. The van der Waals surface area contributed by atoms with Crippen LogP contribution in [0.4, 0.5) is 5.69 Å². The van der Waals surface area contributed by atoms with Crippen molar-refractivity contribution in [2.75, 3.05) is 0 Å². The number of fused-ring (bicyclic) bond motifs is 7. The van der Waals surface area contributed by atoms with Crippen molar-refractivity contribution in [2.24, 2.45) is 4.99 Å². The summed E-state index contributed by atoms with van der Waals surface area (Å²) >= 11 is 0. The number of para-hydroxylation sites is 1. The van der Waals surface area contributed by atoms with Gasteiger partial charge in [-0.15, -0.1) is 0 Å². The zero-order valence-corrected chi connectivity index (χ0v) is 23.4. The Morgan fingerprint density at radius 1 is 0.500 bits per heavy atom. The molecule has 42 heavy (non-hydrogen) atoms. The molecule has 198 valence electrons. The molecule has 0 saturated carbocycles. The van der Waals surface area contributed by atoms with Crippen molar-refractivity contribution in [1.82, 2.24) is 4.98 Å². The number of pyridine rings is 1. The molecule has 1 aliphatic rings. The maximum absolute atomic E-state index is 5.16. The molecule has 0 aliphatic carbocycles. The molecule has 6 aromatic carbocycles. The van der Waals surface area contributed by atoms with Gasteiger partial charge in [0, 0.05) is 34.0 Å². The molecule has 2 nitrogen and oxygen atoms in total. The number of hydrogen-bond acceptors (Lipinski definition) is 2. The van der Waals surface area contributed by atoms with Crippen LogP contribution in [0.25, 0.3) is 55.2 Å². The minimum absolute atomic E-state index is 0.839. The predicted octanol–water partition coefficient (Wildman–Crippen LogP) is 10.4. The number of aromatic nitrogens is 1. The van der Waals surface area contributed by atoms with Crippen LogP contribution in [0.1, 0.15) is 23.6 Å². The van der Waals surface area contributed by atoms with Gasteiger partial charge in [-0.25, -0.2) is 4.98 Å². The highest BCUT2D eigenvalue weighted by atomic mass is 14.7. The maximum Gasteiger partial charge on any atom is 0.0787 e. The van der Waals surface area contributed by atoms with E-state index in [-0.39, 0.29) is 0 Å². The van der Waals surface area contributed by atoms with Crippen LogP contribution in [-0.4, -0.2) is 10.7 Å². The van der Waals surface area contributed by atoms with E-state index in [2.05, 4.69) is 146 Å². The third-order valence-corrected chi connectivity index (χ3v) is 8.45. The van der Waals surface area contributed by atoms with Crippen molar-refractivity contribution in [3.05, 3.63) is 156 Å². The molecular formula is C40H28N2. The Labute approximate surface area is 245 Å². The van der Waals surface area contributed by atoms with E-state index in [0.717, 1.165) is 40.0 Å². The second-order valence-corrected chi connectivity index (χ2v) is 11.1. The molecule has 0 N–H and O–H groups in total. The molecule has 0 spiro atoms. The Morgan fingerprint density at radius 3 is 2.19 bits per heavy atom. The highest BCUT2D eigenvalue weighted by Gasteiger charge is 2.17. The second-order valence-electron chi connectivity index (χ2n) is 11.1. The van der Waals surface area contributed by atoms with Gasteiger partial charge < -0.3 is 0 Å². The van der Waals surface area contributed by atoms with Gasteiger partial charge in [0.15, 0.2) is 0 Å². The van der Waals surface area contributed by atoms with E-state index in [1.54, 1.807) is 0 Å². The summed E-state index contributed by atoms with van der Waals surface area (Å²) in [5, 5.41) is 3.55. The van der Waals surface area contributed by atoms with E-state index in [0.29, 0.717) is 0 Å². The van der Waals surface area contributed by atoms with Gasteiger partial charge in [-0.2, -0.15) is 0 Å². The summed E-state index contributed by atoms with van der Waals surface area (Å²) in [7, 11) is 0. The van der Waals surface area contributed by atoms with Crippen LogP contribution >= 0.6 is 0 Å². The first kappa shape index (κ1) is 24.5. The quantitative estimate of drug-likeness (QED) is 0.202. The lowest BCUT2D eigenvalue weighted by molar-refractivity contribution is 1.19. The fourth-order valence-corrected chi connectivity index (χ4v) is 6.29. The number of rotatable bonds is 2. The summed E-state index contributed by atoms with van der Waals surface area (Å²) in [6.45, 7) is 2.12. The molecule has 2 heteroatoms. The van der Waals surface area contributed by atoms with Crippen molar-refractivity contribution in [1.29, 1.82) is 0 Å².